The third-order valence-electron chi connectivity index (χ3n) is 2.72. The van der Waals surface area contributed by atoms with Gasteiger partial charge in [0, 0.05) is 0 Å². The van der Waals surface area contributed by atoms with E-state index in [4.69, 9.17) is 40.1 Å². The second kappa shape index (κ2) is 5.38. The van der Waals surface area contributed by atoms with Crippen LogP contribution in [0.15, 0.2) is 30.3 Å². The van der Waals surface area contributed by atoms with Crippen LogP contribution in [-0.2, 0) is 3.79 Å². The maximum absolute atomic E-state index is 9.01. The van der Waals surface area contributed by atoms with Crippen LogP contribution in [0.4, 0.5) is 0 Å². The van der Waals surface area contributed by atoms with Crippen molar-refractivity contribution in [2.75, 3.05) is 0 Å². The Balaban J connectivity index is 2.53. The maximum atomic E-state index is 9.01. The third kappa shape index (κ3) is 2.84. The van der Waals surface area contributed by atoms with E-state index in [1.54, 1.807) is 0 Å². The Labute approximate surface area is 125 Å². The average Bonchev–Trinajstić information content (AvgIpc) is 2.82. The number of hydrogen-bond donors (Lipinski definition) is 0. The van der Waals surface area contributed by atoms with Crippen molar-refractivity contribution >= 4 is 34.8 Å². The number of aromatic nitrogens is 3. The van der Waals surface area contributed by atoms with Crippen molar-refractivity contribution in [1.82, 2.24) is 15.0 Å². The summed E-state index contributed by atoms with van der Waals surface area (Å²) in [5, 5.41) is 16.7. The van der Waals surface area contributed by atoms with Crippen LogP contribution < -0.4 is 0 Å². The lowest BCUT2D eigenvalue weighted by molar-refractivity contribution is 0.524. The molecule has 0 bridgehead atoms. The minimum absolute atomic E-state index is 0.0165. The Morgan fingerprint density at radius 1 is 1.26 bits per heavy atom. The van der Waals surface area contributed by atoms with Crippen LogP contribution in [0.2, 0.25) is 0 Å². The molecule has 19 heavy (non-hydrogen) atoms. The molecule has 0 saturated heterocycles. The van der Waals surface area contributed by atoms with Gasteiger partial charge in [0.2, 0.25) is 3.79 Å². The summed E-state index contributed by atoms with van der Waals surface area (Å²) in [5.74, 6) is 0. The van der Waals surface area contributed by atoms with Gasteiger partial charge in [0.1, 0.15) is 11.8 Å². The van der Waals surface area contributed by atoms with Gasteiger partial charge in [-0.1, -0.05) is 70.3 Å². The zero-order valence-corrected chi connectivity index (χ0v) is 12.2. The minimum atomic E-state index is -1.75. The van der Waals surface area contributed by atoms with E-state index in [9.17, 15) is 0 Å². The fourth-order valence-corrected chi connectivity index (χ4v) is 2.31. The highest BCUT2D eigenvalue weighted by atomic mass is 35.6. The summed E-state index contributed by atoms with van der Waals surface area (Å²) < 4.78 is -0.293. The number of nitrogens with zero attached hydrogens (tertiary/aromatic N) is 4. The predicted octanol–water partition coefficient (Wildman–Crippen LogP) is 3.59. The molecule has 7 heteroatoms. The Morgan fingerprint density at radius 2 is 1.89 bits per heavy atom. The van der Waals surface area contributed by atoms with Crippen LogP contribution in [0.1, 0.15) is 29.9 Å². The van der Waals surface area contributed by atoms with Crippen LogP contribution in [0.25, 0.3) is 0 Å². The molecule has 1 atom stereocenters. The molecule has 4 nitrogen and oxygen atoms in total. The van der Waals surface area contributed by atoms with Gasteiger partial charge in [-0.05, 0) is 12.5 Å². The molecule has 0 spiro atoms. The molecule has 0 fully saturated rings. The first-order valence-corrected chi connectivity index (χ1v) is 6.56. The van der Waals surface area contributed by atoms with Crippen molar-refractivity contribution in [1.29, 1.82) is 5.26 Å². The average molecular weight is 316 g/mol. The summed E-state index contributed by atoms with van der Waals surface area (Å²) >= 11 is 17.7. The van der Waals surface area contributed by atoms with Gasteiger partial charge in [-0.25, -0.2) is 4.68 Å². The van der Waals surface area contributed by atoms with Crippen LogP contribution >= 0.6 is 34.8 Å². The third-order valence-corrected chi connectivity index (χ3v) is 3.25. The van der Waals surface area contributed by atoms with E-state index in [-0.39, 0.29) is 17.4 Å². The molecule has 0 radical (unpaired) electrons. The first-order valence-electron chi connectivity index (χ1n) is 5.42. The fourth-order valence-electron chi connectivity index (χ4n) is 1.78. The number of nitriles is 1. The van der Waals surface area contributed by atoms with E-state index in [1.165, 1.54) is 4.68 Å². The summed E-state index contributed by atoms with van der Waals surface area (Å²) in [6.45, 7) is 1.89. The Morgan fingerprint density at radius 3 is 2.42 bits per heavy atom. The quantitative estimate of drug-likeness (QED) is 0.796. The van der Waals surface area contributed by atoms with Gasteiger partial charge in [0.15, 0.2) is 5.69 Å². The molecular weight excluding hydrogens is 307 g/mol. The first kappa shape index (κ1) is 14.1. The number of rotatable bonds is 2. The molecule has 1 aromatic carbocycles. The monoisotopic (exact) mass is 314 g/mol. The molecule has 1 aromatic heterocycles. The Bertz CT molecular complexity index is 610. The molecule has 0 aliphatic rings. The summed E-state index contributed by atoms with van der Waals surface area (Å²) in [5.41, 5.74) is 1.17. The van der Waals surface area contributed by atoms with E-state index < -0.39 is 3.79 Å². The van der Waals surface area contributed by atoms with Gasteiger partial charge in [0.05, 0.1) is 6.04 Å². The number of alkyl halides is 3. The highest BCUT2D eigenvalue weighted by Crippen LogP contribution is 2.40. The second-order valence-electron chi connectivity index (χ2n) is 3.93. The number of halogens is 3. The largest absolute Gasteiger partial charge is 0.236 e. The van der Waals surface area contributed by atoms with Crippen LogP contribution in [0, 0.1) is 11.3 Å². The van der Waals surface area contributed by atoms with Gasteiger partial charge in [-0.15, -0.1) is 5.10 Å². The van der Waals surface area contributed by atoms with E-state index in [0.29, 0.717) is 0 Å². The van der Waals surface area contributed by atoms with Crippen LogP contribution in [0.5, 0.6) is 0 Å². The van der Waals surface area contributed by atoms with Crippen LogP contribution in [-0.4, -0.2) is 15.0 Å². The molecule has 2 aromatic rings. The van der Waals surface area contributed by atoms with Crippen molar-refractivity contribution in [3.8, 4) is 6.07 Å². The van der Waals surface area contributed by atoms with E-state index >= 15 is 0 Å². The van der Waals surface area contributed by atoms with Gasteiger partial charge in [-0.2, -0.15) is 5.26 Å². The molecule has 0 amide bonds. The van der Waals surface area contributed by atoms with Crippen molar-refractivity contribution < 1.29 is 0 Å². The lowest BCUT2D eigenvalue weighted by Gasteiger charge is -2.18. The summed E-state index contributed by atoms with van der Waals surface area (Å²) in [6.07, 6.45) is 0. The van der Waals surface area contributed by atoms with Crippen molar-refractivity contribution in [2.24, 2.45) is 0 Å². The van der Waals surface area contributed by atoms with Gasteiger partial charge in [-0.3, -0.25) is 0 Å². The smallest absolute Gasteiger partial charge is 0.235 e. The Hall–Kier alpha value is -1.28. The first-order chi connectivity index (χ1) is 8.95. The van der Waals surface area contributed by atoms with E-state index in [0.717, 1.165) is 5.56 Å². The van der Waals surface area contributed by atoms with E-state index in [1.807, 2.05) is 43.3 Å². The van der Waals surface area contributed by atoms with Crippen molar-refractivity contribution in [2.45, 2.75) is 16.8 Å². The molecule has 0 saturated carbocycles. The van der Waals surface area contributed by atoms with Gasteiger partial charge >= 0.3 is 0 Å². The molecule has 1 unspecified atom stereocenters. The standard InChI is InChI=1S/C12H9Cl3N4/c1-8(9-5-3-2-4-6-9)19-11(12(13,14)15)10(7-16)17-18-19/h2-6,8H,1H3. The highest BCUT2D eigenvalue weighted by molar-refractivity contribution is 6.66. The molecule has 0 aliphatic heterocycles. The normalized spacial score (nSPS) is 13.0. The highest BCUT2D eigenvalue weighted by Gasteiger charge is 2.34. The number of benzene rings is 1. The summed E-state index contributed by atoms with van der Waals surface area (Å²) in [7, 11) is 0. The second-order valence-corrected chi connectivity index (χ2v) is 6.21. The molecule has 2 rings (SSSR count). The predicted molar refractivity (Wildman–Crippen MR) is 74.2 cm³/mol. The molecule has 0 N–H and O–H groups in total. The van der Waals surface area contributed by atoms with E-state index in [2.05, 4.69) is 10.3 Å². The van der Waals surface area contributed by atoms with Crippen molar-refractivity contribution in [3.63, 3.8) is 0 Å². The Kier molecular flexibility index (Phi) is 4.00. The molecule has 1 heterocycles. The summed E-state index contributed by atoms with van der Waals surface area (Å²) in [4.78, 5) is 0. The number of hydrogen-bond acceptors (Lipinski definition) is 3. The lowest BCUT2D eigenvalue weighted by Crippen LogP contribution is -2.17. The zero-order chi connectivity index (χ0) is 14.0. The molecular formula is C12H9Cl3N4. The van der Waals surface area contributed by atoms with Gasteiger partial charge in [0.25, 0.3) is 0 Å². The lowest BCUT2D eigenvalue weighted by atomic mass is 10.1. The molecule has 98 valence electrons. The van der Waals surface area contributed by atoms with Crippen molar-refractivity contribution in [3.05, 3.63) is 47.3 Å². The minimum Gasteiger partial charge on any atom is -0.236 e. The zero-order valence-electron chi connectivity index (χ0n) is 9.89. The SMILES string of the molecule is CC(c1ccccc1)n1nnc(C#N)c1C(Cl)(Cl)Cl. The topological polar surface area (TPSA) is 54.5 Å². The van der Waals surface area contributed by atoms with Gasteiger partial charge < -0.3 is 0 Å². The fraction of sp³-hybridized carbons (Fsp3) is 0.250. The maximum Gasteiger partial charge on any atom is 0.235 e. The summed E-state index contributed by atoms with van der Waals surface area (Å²) in [6, 6.07) is 11.3. The molecule has 0 aliphatic carbocycles. The van der Waals surface area contributed by atoms with Crippen LogP contribution in [0.3, 0.4) is 0 Å².